The number of nitrogens with two attached hydrogens (primary N) is 1. The van der Waals surface area contributed by atoms with Crippen molar-refractivity contribution in [3.8, 4) is 0 Å². The normalized spacial score (nSPS) is 10.7. The van der Waals surface area contributed by atoms with Crippen molar-refractivity contribution in [1.29, 1.82) is 0 Å². The number of nitrogens with zero attached hydrogens (tertiary/aromatic N) is 3. The van der Waals surface area contributed by atoms with Gasteiger partial charge in [-0.25, -0.2) is 9.97 Å². The molecule has 5 nitrogen and oxygen atoms in total. The summed E-state index contributed by atoms with van der Waals surface area (Å²) in [4.78, 5) is 8.53. The van der Waals surface area contributed by atoms with Gasteiger partial charge < -0.3 is 5.73 Å². The number of nitrogens with one attached hydrogen (secondary N) is 1. The highest BCUT2D eigenvalue weighted by atomic mass is 32.1. The van der Waals surface area contributed by atoms with Gasteiger partial charge in [0, 0.05) is 11.8 Å². The Morgan fingerprint density at radius 1 is 1.47 bits per heavy atom. The molecule has 0 saturated carbocycles. The standard InChI is InChI=1S/C9H13N5S/c1-2-3-7-12-8(14-13-7)4-6-5-15-9(10)11-6/h5H,2-4H2,1H3,(H2,10,11)(H,12,13,14). The van der Waals surface area contributed by atoms with Crippen LogP contribution in [0.1, 0.15) is 30.7 Å². The molecule has 2 rings (SSSR count). The number of hydrogen-bond acceptors (Lipinski definition) is 5. The third-order valence-electron chi connectivity index (χ3n) is 1.97. The van der Waals surface area contributed by atoms with Crippen LogP contribution in [0.25, 0.3) is 0 Å². The Labute approximate surface area is 91.8 Å². The number of hydrogen-bond donors (Lipinski definition) is 2. The largest absolute Gasteiger partial charge is 0.375 e. The molecule has 0 aromatic carbocycles. The van der Waals surface area contributed by atoms with Crippen molar-refractivity contribution in [3.63, 3.8) is 0 Å². The monoisotopic (exact) mass is 223 g/mol. The van der Waals surface area contributed by atoms with Gasteiger partial charge in [0.15, 0.2) is 11.0 Å². The van der Waals surface area contributed by atoms with Gasteiger partial charge in [-0.05, 0) is 6.42 Å². The molecule has 2 heterocycles. The molecular formula is C9H13N5S. The van der Waals surface area contributed by atoms with E-state index in [4.69, 9.17) is 5.73 Å². The van der Waals surface area contributed by atoms with E-state index in [0.717, 1.165) is 30.2 Å². The van der Waals surface area contributed by atoms with Gasteiger partial charge in [-0.2, -0.15) is 5.10 Å². The lowest BCUT2D eigenvalue weighted by molar-refractivity contribution is 0.841. The molecule has 2 aromatic heterocycles. The summed E-state index contributed by atoms with van der Waals surface area (Å²) < 4.78 is 0. The molecule has 80 valence electrons. The van der Waals surface area contributed by atoms with Crippen molar-refractivity contribution in [2.75, 3.05) is 5.73 Å². The summed E-state index contributed by atoms with van der Waals surface area (Å²) in [7, 11) is 0. The Hall–Kier alpha value is -1.43. The Kier molecular flexibility index (Phi) is 2.96. The van der Waals surface area contributed by atoms with Crippen LogP contribution in [0.3, 0.4) is 0 Å². The van der Waals surface area contributed by atoms with Crippen LogP contribution in [-0.4, -0.2) is 20.2 Å². The Morgan fingerprint density at radius 3 is 3.00 bits per heavy atom. The molecule has 0 unspecified atom stereocenters. The predicted molar refractivity (Wildman–Crippen MR) is 59.7 cm³/mol. The molecule has 0 aliphatic carbocycles. The van der Waals surface area contributed by atoms with Crippen LogP contribution in [0.4, 0.5) is 5.13 Å². The summed E-state index contributed by atoms with van der Waals surface area (Å²) in [6, 6.07) is 0. The van der Waals surface area contributed by atoms with Crippen LogP contribution in [0.2, 0.25) is 0 Å². The molecular weight excluding hydrogens is 210 g/mol. The molecule has 0 amide bonds. The molecule has 0 saturated heterocycles. The van der Waals surface area contributed by atoms with E-state index in [1.54, 1.807) is 0 Å². The molecule has 0 atom stereocenters. The van der Waals surface area contributed by atoms with E-state index < -0.39 is 0 Å². The minimum Gasteiger partial charge on any atom is -0.375 e. The summed E-state index contributed by atoms with van der Waals surface area (Å²) in [5.74, 6) is 1.72. The van der Waals surface area contributed by atoms with Crippen LogP contribution in [-0.2, 0) is 12.8 Å². The SMILES string of the molecule is CCCc1n[nH]c(Cc2csc(N)n2)n1. The second-order valence-electron chi connectivity index (χ2n) is 3.30. The van der Waals surface area contributed by atoms with E-state index in [-0.39, 0.29) is 0 Å². The molecule has 0 fully saturated rings. The Morgan fingerprint density at radius 2 is 2.33 bits per heavy atom. The number of aryl methyl sites for hydroxylation is 1. The summed E-state index contributed by atoms with van der Waals surface area (Å²) >= 11 is 1.45. The maximum Gasteiger partial charge on any atom is 0.180 e. The zero-order chi connectivity index (χ0) is 10.7. The summed E-state index contributed by atoms with van der Waals surface area (Å²) in [6.45, 7) is 2.11. The van der Waals surface area contributed by atoms with E-state index in [0.29, 0.717) is 11.6 Å². The van der Waals surface area contributed by atoms with E-state index in [2.05, 4.69) is 27.1 Å². The molecule has 2 aromatic rings. The highest BCUT2D eigenvalue weighted by Crippen LogP contribution is 2.13. The van der Waals surface area contributed by atoms with E-state index >= 15 is 0 Å². The first-order chi connectivity index (χ1) is 7.28. The first-order valence-electron chi connectivity index (χ1n) is 4.88. The lowest BCUT2D eigenvalue weighted by Gasteiger charge is -1.89. The fourth-order valence-corrected chi connectivity index (χ4v) is 1.89. The summed E-state index contributed by atoms with van der Waals surface area (Å²) in [6.07, 6.45) is 2.64. The van der Waals surface area contributed by atoms with Gasteiger partial charge in [0.05, 0.1) is 12.1 Å². The number of H-pyrrole nitrogens is 1. The minimum absolute atomic E-state index is 0.596. The fourth-order valence-electron chi connectivity index (χ4n) is 1.32. The molecule has 0 radical (unpaired) electrons. The highest BCUT2D eigenvalue weighted by molar-refractivity contribution is 7.13. The van der Waals surface area contributed by atoms with Crippen molar-refractivity contribution >= 4 is 16.5 Å². The topological polar surface area (TPSA) is 80.5 Å². The molecule has 6 heteroatoms. The molecule has 3 N–H and O–H groups in total. The maximum absolute atomic E-state index is 5.55. The van der Waals surface area contributed by atoms with Gasteiger partial charge in [-0.15, -0.1) is 11.3 Å². The van der Waals surface area contributed by atoms with Crippen molar-refractivity contribution in [2.45, 2.75) is 26.2 Å². The van der Waals surface area contributed by atoms with E-state index in [9.17, 15) is 0 Å². The number of nitrogen functional groups attached to an aromatic ring is 1. The summed E-state index contributed by atoms with van der Waals surface area (Å²) in [5, 5.41) is 9.57. The first kappa shape index (κ1) is 10.1. The number of anilines is 1. The molecule has 0 bridgehead atoms. The van der Waals surface area contributed by atoms with Gasteiger partial charge in [-0.1, -0.05) is 6.92 Å². The second kappa shape index (κ2) is 4.39. The number of aromatic amines is 1. The van der Waals surface area contributed by atoms with Crippen LogP contribution in [0, 0.1) is 0 Å². The maximum atomic E-state index is 5.55. The quantitative estimate of drug-likeness (QED) is 0.820. The third-order valence-corrected chi connectivity index (χ3v) is 2.69. The Balaban J connectivity index is 2.04. The highest BCUT2D eigenvalue weighted by Gasteiger charge is 2.05. The number of rotatable bonds is 4. The molecule has 0 aliphatic rings. The van der Waals surface area contributed by atoms with Crippen molar-refractivity contribution in [2.24, 2.45) is 0 Å². The lowest BCUT2D eigenvalue weighted by atomic mass is 10.3. The van der Waals surface area contributed by atoms with Gasteiger partial charge in [-0.3, -0.25) is 5.10 Å². The van der Waals surface area contributed by atoms with Gasteiger partial charge in [0.1, 0.15) is 5.82 Å². The van der Waals surface area contributed by atoms with Crippen LogP contribution < -0.4 is 5.73 Å². The fraction of sp³-hybridized carbons (Fsp3) is 0.444. The number of aromatic nitrogens is 4. The van der Waals surface area contributed by atoms with Crippen molar-refractivity contribution in [3.05, 3.63) is 22.7 Å². The molecule has 15 heavy (non-hydrogen) atoms. The first-order valence-corrected chi connectivity index (χ1v) is 5.76. The minimum atomic E-state index is 0.596. The van der Waals surface area contributed by atoms with Crippen molar-refractivity contribution < 1.29 is 0 Å². The van der Waals surface area contributed by atoms with Gasteiger partial charge >= 0.3 is 0 Å². The van der Waals surface area contributed by atoms with Gasteiger partial charge in [0.25, 0.3) is 0 Å². The van der Waals surface area contributed by atoms with Gasteiger partial charge in [0.2, 0.25) is 0 Å². The number of thiazole rings is 1. The van der Waals surface area contributed by atoms with E-state index in [1.165, 1.54) is 11.3 Å². The average molecular weight is 223 g/mol. The van der Waals surface area contributed by atoms with Crippen LogP contribution in [0.15, 0.2) is 5.38 Å². The predicted octanol–water partition coefficient (Wildman–Crippen LogP) is 1.39. The molecule has 0 spiro atoms. The molecule has 0 aliphatic heterocycles. The third kappa shape index (κ3) is 2.53. The van der Waals surface area contributed by atoms with Crippen molar-refractivity contribution in [1.82, 2.24) is 20.2 Å². The second-order valence-corrected chi connectivity index (χ2v) is 4.19. The average Bonchev–Trinajstić information content (AvgIpc) is 2.78. The zero-order valence-corrected chi connectivity index (χ0v) is 9.34. The van der Waals surface area contributed by atoms with E-state index in [1.807, 2.05) is 5.38 Å². The summed E-state index contributed by atoms with van der Waals surface area (Å²) in [5.41, 5.74) is 6.49. The zero-order valence-electron chi connectivity index (χ0n) is 8.53. The van der Waals surface area contributed by atoms with Crippen LogP contribution >= 0.6 is 11.3 Å². The smallest absolute Gasteiger partial charge is 0.180 e. The van der Waals surface area contributed by atoms with Crippen LogP contribution in [0.5, 0.6) is 0 Å². The lowest BCUT2D eigenvalue weighted by Crippen LogP contribution is -1.92. The Bertz CT molecular complexity index is 433.